The molecule has 3 heteroatoms. The van der Waals surface area contributed by atoms with Crippen molar-refractivity contribution >= 4 is 5.95 Å². The van der Waals surface area contributed by atoms with Crippen molar-refractivity contribution < 1.29 is 0 Å². The Morgan fingerprint density at radius 2 is 2.00 bits per heavy atom. The van der Waals surface area contributed by atoms with Gasteiger partial charge in [0.1, 0.15) is 0 Å². The molecule has 0 amide bonds. The van der Waals surface area contributed by atoms with Crippen molar-refractivity contribution in [2.75, 3.05) is 5.32 Å². The second-order valence-electron chi connectivity index (χ2n) is 6.10. The fourth-order valence-electron chi connectivity index (χ4n) is 2.84. The number of aryl methyl sites for hydroxylation is 2. The molecule has 2 fully saturated rings. The van der Waals surface area contributed by atoms with Crippen LogP contribution in [0.15, 0.2) is 6.20 Å². The van der Waals surface area contributed by atoms with E-state index in [1.807, 2.05) is 0 Å². The van der Waals surface area contributed by atoms with E-state index in [-0.39, 0.29) is 0 Å². The van der Waals surface area contributed by atoms with Crippen molar-refractivity contribution in [3.63, 3.8) is 0 Å². The zero-order chi connectivity index (χ0) is 12.5. The predicted octanol–water partition coefficient (Wildman–Crippen LogP) is 3.59. The van der Waals surface area contributed by atoms with Crippen LogP contribution in [0, 0.1) is 18.8 Å². The monoisotopic (exact) mass is 247 g/mol. The topological polar surface area (TPSA) is 29.9 Å². The van der Waals surface area contributed by atoms with Crippen LogP contribution in [0.3, 0.4) is 0 Å². The van der Waals surface area contributed by atoms with Gasteiger partial charge in [-0.25, -0.2) is 4.98 Å². The lowest BCUT2D eigenvalue weighted by Crippen LogP contribution is -2.26. The highest BCUT2D eigenvalue weighted by atomic mass is 15.2. The molecule has 1 aromatic heterocycles. The number of hydrogen-bond donors (Lipinski definition) is 1. The van der Waals surface area contributed by atoms with E-state index in [0.717, 1.165) is 30.0 Å². The summed E-state index contributed by atoms with van der Waals surface area (Å²) in [7, 11) is 0. The van der Waals surface area contributed by atoms with E-state index in [4.69, 9.17) is 0 Å². The third-order valence-corrected chi connectivity index (χ3v) is 4.21. The summed E-state index contributed by atoms with van der Waals surface area (Å²) in [5.41, 5.74) is 1.14. The standard InChI is InChI=1S/C15H25N3/c1-3-4-9-18-10-11(2)16-15(18)17-14(12-5-6-12)13-7-8-13/h10,12-14H,3-9H2,1-2H3,(H,16,17). The highest BCUT2D eigenvalue weighted by Gasteiger charge is 2.41. The Balaban J connectivity index is 1.69. The number of anilines is 1. The zero-order valence-electron chi connectivity index (χ0n) is 11.7. The van der Waals surface area contributed by atoms with Gasteiger partial charge < -0.3 is 9.88 Å². The van der Waals surface area contributed by atoms with Crippen molar-refractivity contribution in [1.82, 2.24) is 9.55 Å². The first kappa shape index (κ1) is 12.1. The Bertz CT molecular complexity index is 390. The lowest BCUT2D eigenvalue weighted by Gasteiger charge is -2.19. The fourth-order valence-corrected chi connectivity index (χ4v) is 2.84. The summed E-state index contributed by atoms with van der Waals surface area (Å²) in [6, 6.07) is 0.701. The van der Waals surface area contributed by atoms with Crippen LogP contribution in [0.2, 0.25) is 0 Å². The van der Waals surface area contributed by atoms with Gasteiger partial charge in [-0.1, -0.05) is 13.3 Å². The molecule has 3 nitrogen and oxygen atoms in total. The Morgan fingerprint density at radius 3 is 2.56 bits per heavy atom. The molecule has 0 unspecified atom stereocenters. The van der Waals surface area contributed by atoms with Gasteiger partial charge in [0.05, 0.1) is 5.69 Å². The smallest absolute Gasteiger partial charge is 0.203 e. The molecule has 1 heterocycles. The van der Waals surface area contributed by atoms with Crippen molar-refractivity contribution in [2.24, 2.45) is 11.8 Å². The first-order chi connectivity index (χ1) is 8.78. The molecule has 0 atom stereocenters. The zero-order valence-corrected chi connectivity index (χ0v) is 11.7. The molecule has 18 heavy (non-hydrogen) atoms. The predicted molar refractivity (Wildman–Crippen MR) is 74.7 cm³/mol. The number of rotatable bonds is 7. The van der Waals surface area contributed by atoms with Crippen LogP contribution in [-0.4, -0.2) is 15.6 Å². The van der Waals surface area contributed by atoms with Gasteiger partial charge in [-0.2, -0.15) is 0 Å². The molecule has 0 aliphatic heterocycles. The maximum atomic E-state index is 4.68. The van der Waals surface area contributed by atoms with E-state index in [2.05, 4.69) is 34.9 Å². The molecule has 0 spiro atoms. The lowest BCUT2D eigenvalue weighted by atomic mass is 10.1. The quantitative estimate of drug-likeness (QED) is 0.798. The number of aromatic nitrogens is 2. The maximum Gasteiger partial charge on any atom is 0.203 e. The second kappa shape index (κ2) is 4.94. The minimum absolute atomic E-state index is 0.701. The molecule has 3 rings (SSSR count). The molecule has 1 aromatic rings. The van der Waals surface area contributed by atoms with Gasteiger partial charge in [0.15, 0.2) is 0 Å². The van der Waals surface area contributed by atoms with Crippen molar-refractivity contribution in [3.05, 3.63) is 11.9 Å². The largest absolute Gasteiger partial charge is 0.352 e. The average Bonchev–Trinajstić information content (AvgIpc) is 3.23. The third-order valence-electron chi connectivity index (χ3n) is 4.21. The molecule has 2 saturated carbocycles. The van der Waals surface area contributed by atoms with Crippen LogP contribution >= 0.6 is 0 Å². The number of nitrogens with one attached hydrogen (secondary N) is 1. The van der Waals surface area contributed by atoms with E-state index >= 15 is 0 Å². The normalized spacial score (nSPS) is 19.5. The summed E-state index contributed by atoms with van der Waals surface area (Å²) in [6.45, 7) is 5.44. The first-order valence-corrected chi connectivity index (χ1v) is 7.58. The van der Waals surface area contributed by atoms with Gasteiger partial charge >= 0.3 is 0 Å². The molecule has 1 N–H and O–H groups in total. The third kappa shape index (κ3) is 2.70. The second-order valence-corrected chi connectivity index (χ2v) is 6.10. The number of hydrogen-bond acceptors (Lipinski definition) is 2. The van der Waals surface area contributed by atoms with E-state index in [1.165, 1.54) is 38.5 Å². The van der Waals surface area contributed by atoms with Crippen LogP contribution in [0.4, 0.5) is 5.95 Å². The fraction of sp³-hybridized carbons (Fsp3) is 0.800. The summed E-state index contributed by atoms with van der Waals surface area (Å²) < 4.78 is 2.32. The van der Waals surface area contributed by atoms with Crippen molar-refractivity contribution in [3.8, 4) is 0 Å². The number of imidazole rings is 1. The van der Waals surface area contributed by atoms with E-state index in [0.29, 0.717) is 6.04 Å². The first-order valence-electron chi connectivity index (χ1n) is 7.58. The highest BCUT2D eigenvalue weighted by molar-refractivity contribution is 5.32. The molecule has 100 valence electrons. The van der Waals surface area contributed by atoms with Crippen molar-refractivity contribution in [1.29, 1.82) is 0 Å². The Morgan fingerprint density at radius 1 is 1.33 bits per heavy atom. The van der Waals surface area contributed by atoms with Crippen LogP contribution in [0.5, 0.6) is 0 Å². The molecule has 0 radical (unpaired) electrons. The van der Waals surface area contributed by atoms with Gasteiger partial charge in [0.25, 0.3) is 0 Å². The van der Waals surface area contributed by atoms with E-state index in [1.54, 1.807) is 0 Å². The molecule has 2 aliphatic carbocycles. The molecular formula is C15H25N3. The molecule has 0 bridgehead atoms. The Labute approximate surface area is 110 Å². The van der Waals surface area contributed by atoms with Crippen molar-refractivity contribution in [2.45, 2.75) is 65.0 Å². The average molecular weight is 247 g/mol. The minimum Gasteiger partial charge on any atom is -0.352 e. The summed E-state index contributed by atoms with van der Waals surface area (Å²) in [6.07, 6.45) is 10.3. The lowest BCUT2D eigenvalue weighted by molar-refractivity contribution is 0.551. The van der Waals surface area contributed by atoms with Gasteiger partial charge in [-0.3, -0.25) is 0 Å². The highest BCUT2D eigenvalue weighted by Crippen LogP contribution is 2.45. The maximum absolute atomic E-state index is 4.68. The van der Waals surface area contributed by atoms with Crippen LogP contribution < -0.4 is 5.32 Å². The summed E-state index contributed by atoms with van der Waals surface area (Å²) in [5.74, 6) is 2.97. The number of nitrogens with zero attached hydrogens (tertiary/aromatic N) is 2. The molecule has 0 saturated heterocycles. The number of unbranched alkanes of at least 4 members (excludes halogenated alkanes) is 1. The van der Waals surface area contributed by atoms with E-state index in [9.17, 15) is 0 Å². The van der Waals surface area contributed by atoms with Gasteiger partial charge in [0.2, 0.25) is 5.95 Å². The van der Waals surface area contributed by atoms with Gasteiger partial charge in [0, 0.05) is 18.8 Å². The summed E-state index contributed by atoms with van der Waals surface area (Å²) >= 11 is 0. The van der Waals surface area contributed by atoms with Crippen LogP contribution in [0.25, 0.3) is 0 Å². The van der Waals surface area contributed by atoms with Crippen LogP contribution in [0.1, 0.15) is 51.1 Å². The van der Waals surface area contributed by atoms with Gasteiger partial charge in [-0.15, -0.1) is 0 Å². The SMILES string of the molecule is CCCCn1cc(C)nc1NC(C1CC1)C1CC1. The molecule has 2 aliphatic rings. The van der Waals surface area contributed by atoms with Crippen LogP contribution in [-0.2, 0) is 6.54 Å². The Kier molecular flexibility index (Phi) is 3.31. The summed E-state index contributed by atoms with van der Waals surface area (Å²) in [4.78, 5) is 4.68. The minimum atomic E-state index is 0.701. The summed E-state index contributed by atoms with van der Waals surface area (Å²) in [5, 5.41) is 3.75. The molecule has 0 aromatic carbocycles. The van der Waals surface area contributed by atoms with Gasteiger partial charge in [-0.05, 0) is 50.9 Å². The van der Waals surface area contributed by atoms with E-state index < -0.39 is 0 Å². The molecular weight excluding hydrogens is 222 g/mol. The Hall–Kier alpha value is -0.990.